The number of carbonyl (C=O) groups is 1. The highest BCUT2D eigenvalue weighted by Crippen LogP contribution is 2.31. The number of alkyl halides is 3. The fourth-order valence-electron chi connectivity index (χ4n) is 1.97. The number of nitrogens with zero attached hydrogens (tertiary/aromatic N) is 1. The Kier molecular flexibility index (Phi) is 5.75. The lowest BCUT2D eigenvalue weighted by atomic mass is 10.2. The van der Waals surface area contributed by atoms with E-state index in [0.717, 1.165) is 12.1 Å². The van der Waals surface area contributed by atoms with Gasteiger partial charge in [-0.05, 0) is 36.8 Å². The third-order valence-corrected chi connectivity index (χ3v) is 3.13. The van der Waals surface area contributed by atoms with Crippen molar-refractivity contribution in [3.8, 4) is 0 Å². The second kappa shape index (κ2) is 7.78. The van der Waals surface area contributed by atoms with Gasteiger partial charge in [-0.3, -0.25) is 4.79 Å². The Morgan fingerprint density at radius 3 is 2.71 bits per heavy atom. The van der Waals surface area contributed by atoms with Crippen molar-refractivity contribution < 1.29 is 23.1 Å². The van der Waals surface area contributed by atoms with Crippen LogP contribution in [0.5, 0.6) is 0 Å². The molecule has 24 heavy (non-hydrogen) atoms. The Balaban J connectivity index is 2.20. The van der Waals surface area contributed by atoms with Gasteiger partial charge in [0.25, 0.3) is 5.91 Å². The molecule has 0 aliphatic rings. The smallest absolute Gasteiger partial charge is 0.396 e. The molecule has 1 heterocycles. The van der Waals surface area contributed by atoms with E-state index in [1.165, 1.54) is 24.4 Å². The molecule has 0 spiro atoms. The zero-order valence-electron chi connectivity index (χ0n) is 12.6. The van der Waals surface area contributed by atoms with Crippen LogP contribution in [0.4, 0.5) is 24.7 Å². The predicted molar refractivity (Wildman–Crippen MR) is 83.0 cm³/mol. The Bertz CT molecular complexity index is 705. The van der Waals surface area contributed by atoms with E-state index in [2.05, 4.69) is 15.6 Å². The van der Waals surface area contributed by atoms with Gasteiger partial charge in [-0.1, -0.05) is 6.07 Å². The van der Waals surface area contributed by atoms with Gasteiger partial charge in [0.2, 0.25) is 0 Å². The van der Waals surface area contributed by atoms with Gasteiger partial charge in [-0.15, -0.1) is 0 Å². The molecule has 0 radical (unpaired) electrons. The normalized spacial score (nSPS) is 11.2. The molecular weight excluding hydrogens is 323 g/mol. The number of nitrogens with one attached hydrogen (secondary N) is 2. The summed E-state index contributed by atoms with van der Waals surface area (Å²) in [5, 5.41) is 14.1. The van der Waals surface area contributed by atoms with Crippen LogP contribution in [0.1, 0.15) is 22.3 Å². The zero-order valence-corrected chi connectivity index (χ0v) is 12.6. The molecule has 1 aromatic heterocycles. The molecule has 8 heteroatoms. The van der Waals surface area contributed by atoms with Gasteiger partial charge >= 0.3 is 6.18 Å². The summed E-state index contributed by atoms with van der Waals surface area (Å²) < 4.78 is 38.3. The largest absolute Gasteiger partial charge is 0.416 e. The Labute approximate surface area is 136 Å². The number of rotatable bonds is 6. The van der Waals surface area contributed by atoms with E-state index < -0.39 is 17.6 Å². The number of hydrogen-bond acceptors (Lipinski definition) is 4. The number of aliphatic hydroxyl groups excluding tert-OH is 1. The van der Waals surface area contributed by atoms with Crippen molar-refractivity contribution in [3.05, 3.63) is 53.7 Å². The van der Waals surface area contributed by atoms with Gasteiger partial charge in [0.05, 0.1) is 11.1 Å². The summed E-state index contributed by atoms with van der Waals surface area (Å²) in [5.41, 5.74) is -0.418. The van der Waals surface area contributed by atoms with Crippen LogP contribution in [-0.2, 0) is 6.18 Å². The van der Waals surface area contributed by atoms with Crippen molar-refractivity contribution >= 4 is 17.4 Å². The molecule has 0 saturated heterocycles. The highest BCUT2D eigenvalue weighted by Gasteiger charge is 2.30. The molecule has 0 saturated carbocycles. The van der Waals surface area contributed by atoms with E-state index >= 15 is 0 Å². The maximum atomic E-state index is 12.8. The van der Waals surface area contributed by atoms with Gasteiger partial charge in [0.1, 0.15) is 5.82 Å². The van der Waals surface area contributed by atoms with Crippen LogP contribution in [0.15, 0.2) is 42.6 Å². The molecule has 0 fully saturated rings. The molecule has 0 unspecified atom stereocenters. The second-order valence-corrected chi connectivity index (χ2v) is 4.94. The third kappa shape index (κ3) is 4.69. The van der Waals surface area contributed by atoms with Crippen LogP contribution in [-0.4, -0.2) is 29.1 Å². The number of halogens is 3. The Morgan fingerprint density at radius 2 is 2.00 bits per heavy atom. The van der Waals surface area contributed by atoms with E-state index in [4.69, 9.17) is 5.11 Å². The molecule has 1 aromatic carbocycles. The first-order valence-corrected chi connectivity index (χ1v) is 7.20. The monoisotopic (exact) mass is 339 g/mol. The fourth-order valence-corrected chi connectivity index (χ4v) is 1.97. The first-order valence-electron chi connectivity index (χ1n) is 7.20. The highest BCUT2D eigenvalue weighted by atomic mass is 19.4. The van der Waals surface area contributed by atoms with Crippen molar-refractivity contribution in [2.75, 3.05) is 18.5 Å². The fraction of sp³-hybridized carbons (Fsp3) is 0.250. The number of aromatic nitrogens is 1. The molecule has 3 N–H and O–H groups in total. The lowest BCUT2D eigenvalue weighted by Crippen LogP contribution is -2.26. The number of amides is 1. The van der Waals surface area contributed by atoms with Gasteiger partial charge in [0.15, 0.2) is 0 Å². The lowest BCUT2D eigenvalue weighted by molar-refractivity contribution is -0.137. The average molecular weight is 339 g/mol. The summed E-state index contributed by atoms with van der Waals surface area (Å²) in [6.07, 6.45) is -2.62. The molecule has 0 bridgehead atoms. The quantitative estimate of drug-likeness (QED) is 0.708. The summed E-state index contributed by atoms with van der Waals surface area (Å²) >= 11 is 0. The van der Waals surface area contributed by atoms with Crippen LogP contribution in [0, 0.1) is 0 Å². The molecule has 0 atom stereocenters. The molecule has 5 nitrogen and oxygen atoms in total. The third-order valence-electron chi connectivity index (χ3n) is 3.13. The molecule has 0 aliphatic carbocycles. The van der Waals surface area contributed by atoms with Crippen molar-refractivity contribution in [1.29, 1.82) is 0 Å². The van der Waals surface area contributed by atoms with Crippen LogP contribution in [0.3, 0.4) is 0 Å². The van der Waals surface area contributed by atoms with Crippen LogP contribution < -0.4 is 10.6 Å². The van der Waals surface area contributed by atoms with Gasteiger partial charge in [-0.25, -0.2) is 4.98 Å². The van der Waals surface area contributed by atoms with Crippen LogP contribution in [0.25, 0.3) is 0 Å². The van der Waals surface area contributed by atoms with Crippen molar-refractivity contribution in [2.45, 2.75) is 12.6 Å². The Hall–Kier alpha value is -2.61. The van der Waals surface area contributed by atoms with Gasteiger partial charge < -0.3 is 15.7 Å². The van der Waals surface area contributed by atoms with E-state index in [1.54, 1.807) is 6.07 Å². The molecule has 1 amide bonds. The second-order valence-electron chi connectivity index (χ2n) is 4.94. The van der Waals surface area contributed by atoms with Crippen molar-refractivity contribution in [2.24, 2.45) is 0 Å². The highest BCUT2D eigenvalue weighted by molar-refractivity contribution is 5.99. The van der Waals surface area contributed by atoms with Gasteiger partial charge in [0, 0.05) is 25.0 Å². The molecule has 2 rings (SSSR count). The summed E-state index contributed by atoms with van der Waals surface area (Å²) in [4.78, 5) is 16.1. The zero-order chi connectivity index (χ0) is 17.6. The summed E-state index contributed by atoms with van der Waals surface area (Å²) in [6, 6.07) is 7.70. The van der Waals surface area contributed by atoms with Crippen molar-refractivity contribution in [3.63, 3.8) is 0 Å². The first-order chi connectivity index (χ1) is 11.4. The molecule has 128 valence electrons. The molecule has 0 aliphatic heterocycles. The van der Waals surface area contributed by atoms with E-state index in [-0.39, 0.29) is 30.2 Å². The van der Waals surface area contributed by atoms with Crippen LogP contribution in [0.2, 0.25) is 0 Å². The van der Waals surface area contributed by atoms with Crippen molar-refractivity contribution in [1.82, 2.24) is 10.3 Å². The first kappa shape index (κ1) is 17.7. The lowest BCUT2D eigenvalue weighted by Gasteiger charge is -2.13. The average Bonchev–Trinajstić information content (AvgIpc) is 2.55. The van der Waals surface area contributed by atoms with E-state index in [9.17, 15) is 18.0 Å². The molecular formula is C16H16F3N3O2. The number of anilines is 2. The Morgan fingerprint density at radius 1 is 1.21 bits per heavy atom. The number of benzene rings is 1. The van der Waals surface area contributed by atoms with E-state index in [0.29, 0.717) is 6.42 Å². The summed E-state index contributed by atoms with van der Waals surface area (Å²) in [7, 11) is 0. The number of hydrogen-bond donors (Lipinski definition) is 3. The molecule has 2 aromatic rings. The predicted octanol–water partition coefficient (Wildman–Crippen LogP) is 2.96. The minimum Gasteiger partial charge on any atom is -0.396 e. The standard InChI is InChI=1S/C16H16F3N3O2/c17-16(18,19)11-4-1-5-12(10-11)22-14-13(6-2-7-20-14)15(24)21-8-3-9-23/h1-2,4-7,10,23H,3,8-9H2,(H,20,22)(H,21,24). The van der Waals surface area contributed by atoms with E-state index in [1.807, 2.05) is 0 Å². The maximum absolute atomic E-state index is 12.8. The number of pyridine rings is 1. The van der Waals surface area contributed by atoms with Crippen LogP contribution >= 0.6 is 0 Å². The topological polar surface area (TPSA) is 74.2 Å². The summed E-state index contributed by atoms with van der Waals surface area (Å²) in [5.74, 6) is -0.274. The number of carbonyl (C=O) groups excluding carboxylic acids is 1. The number of aliphatic hydroxyl groups is 1. The maximum Gasteiger partial charge on any atom is 0.416 e. The minimum atomic E-state index is -4.45. The minimum absolute atomic E-state index is 0.0529. The van der Waals surface area contributed by atoms with Gasteiger partial charge in [-0.2, -0.15) is 13.2 Å². The summed E-state index contributed by atoms with van der Waals surface area (Å²) in [6.45, 7) is 0.232. The SMILES string of the molecule is O=C(NCCCO)c1cccnc1Nc1cccc(C(F)(F)F)c1.